The van der Waals surface area contributed by atoms with E-state index in [2.05, 4.69) is 21.5 Å². The number of halogens is 1. The third-order valence-corrected chi connectivity index (χ3v) is 4.43. The first-order valence-electron chi connectivity index (χ1n) is 7.20. The van der Waals surface area contributed by atoms with Crippen molar-refractivity contribution in [1.29, 1.82) is 0 Å². The average molecular weight is 294 g/mol. The Balaban J connectivity index is 2.10. The van der Waals surface area contributed by atoms with Gasteiger partial charge in [0.05, 0.1) is 13.0 Å². The maximum atomic E-state index is 6.09. The number of hydrogen-bond acceptors (Lipinski definition) is 3. The van der Waals surface area contributed by atoms with Gasteiger partial charge in [-0.15, -0.1) is 11.6 Å². The van der Waals surface area contributed by atoms with Crippen LogP contribution in [0.25, 0.3) is 11.2 Å². The summed E-state index contributed by atoms with van der Waals surface area (Å²) in [5.41, 5.74) is 1.80. The summed E-state index contributed by atoms with van der Waals surface area (Å²) in [6, 6.07) is 4.26. The van der Waals surface area contributed by atoms with Gasteiger partial charge in [-0.3, -0.25) is 0 Å². The fourth-order valence-electron chi connectivity index (χ4n) is 3.23. The van der Waals surface area contributed by atoms with Crippen LogP contribution < -0.4 is 4.74 Å². The largest absolute Gasteiger partial charge is 0.481 e. The van der Waals surface area contributed by atoms with Gasteiger partial charge in [0.15, 0.2) is 5.65 Å². The Hall–Kier alpha value is -1.29. The lowest BCUT2D eigenvalue weighted by Crippen LogP contribution is -2.19. The molecule has 0 saturated heterocycles. The van der Waals surface area contributed by atoms with Crippen LogP contribution in [-0.2, 0) is 5.88 Å². The molecule has 108 valence electrons. The van der Waals surface area contributed by atoms with Crippen molar-refractivity contribution >= 4 is 22.8 Å². The van der Waals surface area contributed by atoms with Crippen LogP contribution in [0.4, 0.5) is 0 Å². The van der Waals surface area contributed by atoms with Gasteiger partial charge in [0.1, 0.15) is 11.3 Å². The van der Waals surface area contributed by atoms with E-state index in [-0.39, 0.29) is 0 Å². The van der Waals surface area contributed by atoms with Crippen molar-refractivity contribution in [3.8, 4) is 5.88 Å². The van der Waals surface area contributed by atoms with E-state index in [1.54, 1.807) is 7.11 Å². The highest BCUT2D eigenvalue weighted by Gasteiger charge is 2.25. The second-order valence-corrected chi connectivity index (χ2v) is 5.92. The third kappa shape index (κ3) is 2.37. The fourth-order valence-corrected chi connectivity index (χ4v) is 3.42. The first kappa shape index (κ1) is 13.7. The Bertz CT molecular complexity index is 610. The molecule has 2 aromatic heterocycles. The van der Waals surface area contributed by atoms with Crippen LogP contribution in [0.5, 0.6) is 5.88 Å². The molecule has 1 saturated carbocycles. The van der Waals surface area contributed by atoms with Gasteiger partial charge in [0, 0.05) is 12.1 Å². The summed E-state index contributed by atoms with van der Waals surface area (Å²) >= 11 is 6.09. The summed E-state index contributed by atoms with van der Waals surface area (Å²) in [6.07, 6.45) is 4.93. The maximum absolute atomic E-state index is 6.09. The average Bonchev–Trinajstić information content (AvgIpc) is 2.84. The molecule has 0 spiro atoms. The molecule has 1 fully saturated rings. The molecule has 2 aromatic rings. The van der Waals surface area contributed by atoms with Crippen LogP contribution in [0.15, 0.2) is 12.1 Å². The van der Waals surface area contributed by atoms with Crippen molar-refractivity contribution in [3.05, 3.63) is 18.0 Å². The van der Waals surface area contributed by atoms with Crippen LogP contribution in [-0.4, -0.2) is 21.6 Å². The van der Waals surface area contributed by atoms with E-state index >= 15 is 0 Å². The molecule has 0 N–H and O–H groups in total. The number of imidazole rings is 1. The number of alkyl halides is 1. The standard InChI is InChI=1S/C15H20ClN3O/c1-10-4-3-5-11(8-10)19-13(9-16)17-12-6-7-14(20-2)18-15(12)19/h6-7,10-11H,3-5,8-9H2,1-2H3. The number of hydrogen-bond donors (Lipinski definition) is 0. The quantitative estimate of drug-likeness (QED) is 0.805. The van der Waals surface area contributed by atoms with E-state index in [9.17, 15) is 0 Å². The van der Waals surface area contributed by atoms with Gasteiger partial charge >= 0.3 is 0 Å². The molecule has 2 atom stereocenters. The SMILES string of the molecule is COc1ccc2nc(CCl)n(C3CCCC(C)C3)c2n1. The normalized spacial score (nSPS) is 23.1. The lowest BCUT2D eigenvalue weighted by Gasteiger charge is -2.29. The zero-order valence-electron chi connectivity index (χ0n) is 12.0. The Morgan fingerprint density at radius 2 is 2.20 bits per heavy atom. The number of methoxy groups -OCH3 is 1. The van der Waals surface area contributed by atoms with Crippen LogP contribution in [0.2, 0.25) is 0 Å². The van der Waals surface area contributed by atoms with Crippen molar-refractivity contribution in [2.45, 2.75) is 44.5 Å². The Kier molecular flexibility index (Phi) is 3.83. The molecule has 1 aliphatic rings. The Labute approximate surface area is 124 Å². The van der Waals surface area contributed by atoms with E-state index in [4.69, 9.17) is 16.3 Å². The smallest absolute Gasteiger partial charge is 0.215 e. The number of aromatic nitrogens is 3. The summed E-state index contributed by atoms with van der Waals surface area (Å²) in [6.45, 7) is 2.32. The lowest BCUT2D eigenvalue weighted by molar-refractivity contribution is 0.282. The summed E-state index contributed by atoms with van der Waals surface area (Å²) < 4.78 is 7.48. The number of fused-ring (bicyclic) bond motifs is 1. The van der Waals surface area contributed by atoms with Gasteiger partial charge in [0.25, 0.3) is 0 Å². The maximum Gasteiger partial charge on any atom is 0.215 e. The third-order valence-electron chi connectivity index (χ3n) is 4.19. The van der Waals surface area contributed by atoms with E-state index in [0.717, 1.165) is 22.9 Å². The molecule has 3 rings (SSSR count). The highest BCUT2D eigenvalue weighted by Crippen LogP contribution is 2.35. The zero-order chi connectivity index (χ0) is 14.1. The van der Waals surface area contributed by atoms with E-state index in [0.29, 0.717) is 17.8 Å². The molecule has 1 aliphatic carbocycles. The molecule has 0 aromatic carbocycles. The molecule has 0 bridgehead atoms. The highest BCUT2D eigenvalue weighted by atomic mass is 35.5. The molecule has 4 nitrogen and oxygen atoms in total. The van der Waals surface area contributed by atoms with E-state index in [1.807, 2.05) is 12.1 Å². The molecule has 2 unspecified atom stereocenters. The molecule has 0 amide bonds. The second kappa shape index (κ2) is 5.60. The van der Waals surface area contributed by atoms with Gasteiger partial charge in [-0.1, -0.05) is 19.8 Å². The molecule has 20 heavy (non-hydrogen) atoms. The van der Waals surface area contributed by atoms with Crippen molar-refractivity contribution in [2.24, 2.45) is 5.92 Å². The minimum absolute atomic E-state index is 0.420. The fraction of sp³-hybridized carbons (Fsp3) is 0.600. The van der Waals surface area contributed by atoms with Gasteiger partial charge in [-0.2, -0.15) is 4.98 Å². The molecule has 0 radical (unpaired) electrons. The Morgan fingerprint density at radius 3 is 2.90 bits per heavy atom. The van der Waals surface area contributed by atoms with Crippen LogP contribution in [0.3, 0.4) is 0 Å². The first-order chi connectivity index (χ1) is 9.72. The number of ether oxygens (including phenoxy) is 1. The van der Waals surface area contributed by atoms with Crippen molar-refractivity contribution in [1.82, 2.24) is 14.5 Å². The second-order valence-electron chi connectivity index (χ2n) is 5.65. The minimum atomic E-state index is 0.420. The molecular weight excluding hydrogens is 274 g/mol. The number of nitrogens with zero attached hydrogens (tertiary/aromatic N) is 3. The molecule has 5 heteroatoms. The summed E-state index contributed by atoms with van der Waals surface area (Å²) in [7, 11) is 1.64. The lowest BCUT2D eigenvalue weighted by atomic mass is 9.87. The van der Waals surface area contributed by atoms with Crippen LogP contribution >= 0.6 is 11.6 Å². The summed E-state index contributed by atoms with van der Waals surface area (Å²) in [5, 5.41) is 0. The monoisotopic (exact) mass is 293 g/mol. The van der Waals surface area contributed by atoms with Crippen molar-refractivity contribution < 1.29 is 4.74 Å². The Morgan fingerprint density at radius 1 is 1.35 bits per heavy atom. The molecule has 0 aliphatic heterocycles. The molecule has 2 heterocycles. The topological polar surface area (TPSA) is 39.9 Å². The summed E-state index contributed by atoms with van der Waals surface area (Å²) in [4.78, 5) is 9.20. The summed E-state index contributed by atoms with van der Waals surface area (Å²) in [5.74, 6) is 2.72. The van der Waals surface area contributed by atoms with Gasteiger partial charge in [-0.25, -0.2) is 4.98 Å². The van der Waals surface area contributed by atoms with Gasteiger partial charge in [0.2, 0.25) is 5.88 Å². The minimum Gasteiger partial charge on any atom is -0.481 e. The predicted octanol–water partition coefficient (Wildman–Crippen LogP) is 3.93. The predicted molar refractivity (Wildman–Crippen MR) is 80.3 cm³/mol. The van der Waals surface area contributed by atoms with E-state index < -0.39 is 0 Å². The van der Waals surface area contributed by atoms with Crippen molar-refractivity contribution in [2.75, 3.05) is 7.11 Å². The van der Waals surface area contributed by atoms with E-state index in [1.165, 1.54) is 25.7 Å². The van der Waals surface area contributed by atoms with Crippen molar-refractivity contribution in [3.63, 3.8) is 0 Å². The molecular formula is C15H20ClN3O. The highest BCUT2D eigenvalue weighted by molar-refractivity contribution is 6.16. The van der Waals surface area contributed by atoms with Gasteiger partial charge in [-0.05, 0) is 24.8 Å². The van der Waals surface area contributed by atoms with Gasteiger partial charge < -0.3 is 9.30 Å². The van der Waals surface area contributed by atoms with Crippen LogP contribution in [0, 0.1) is 5.92 Å². The first-order valence-corrected chi connectivity index (χ1v) is 7.74. The van der Waals surface area contributed by atoms with Crippen LogP contribution in [0.1, 0.15) is 44.5 Å². The number of rotatable bonds is 3. The zero-order valence-corrected chi connectivity index (χ0v) is 12.7. The number of pyridine rings is 1.